The van der Waals surface area contributed by atoms with Gasteiger partial charge >= 0.3 is 5.97 Å². The topological polar surface area (TPSA) is 116 Å². The van der Waals surface area contributed by atoms with Crippen molar-refractivity contribution < 1.29 is 20.1 Å². The first-order chi connectivity index (χ1) is 8.45. The molecule has 0 aliphatic heterocycles. The standard InChI is InChI=1S/C12H16N2O4/c1-14-11-8(10(13)9(11)12(17)18)5-2-6(15)4-7(16)3-5/h2-4,8-11,14-16H,13H2,1H3,(H,17,18). The Morgan fingerprint density at radius 3 is 2.28 bits per heavy atom. The molecule has 6 nitrogen and oxygen atoms in total. The molecule has 6 N–H and O–H groups in total. The van der Waals surface area contributed by atoms with Crippen molar-refractivity contribution in [3.63, 3.8) is 0 Å². The fourth-order valence-electron chi connectivity index (χ4n) is 2.70. The minimum absolute atomic E-state index is 0.0640. The summed E-state index contributed by atoms with van der Waals surface area (Å²) in [6.45, 7) is 0. The van der Waals surface area contributed by atoms with Gasteiger partial charge in [0.05, 0.1) is 5.92 Å². The molecule has 18 heavy (non-hydrogen) atoms. The Hall–Kier alpha value is -1.79. The van der Waals surface area contributed by atoms with Crippen LogP contribution >= 0.6 is 0 Å². The first kappa shape index (κ1) is 12.7. The molecule has 1 saturated carbocycles. The van der Waals surface area contributed by atoms with Crippen molar-refractivity contribution in [1.29, 1.82) is 0 Å². The third-order valence-electron chi connectivity index (χ3n) is 3.53. The molecule has 0 amide bonds. The second kappa shape index (κ2) is 4.47. The molecule has 0 heterocycles. The van der Waals surface area contributed by atoms with E-state index in [1.165, 1.54) is 18.2 Å². The van der Waals surface area contributed by atoms with Gasteiger partial charge in [0.25, 0.3) is 0 Å². The van der Waals surface area contributed by atoms with Gasteiger partial charge in [-0.05, 0) is 24.7 Å². The number of nitrogens with one attached hydrogen (secondary N) is 1. The summed E-state index contributed by atoms with van der Waals surface area (Å²) in [7, 11) is 1.67. The molecule has 6 heteroatoms. The number of hydrogen-bond donors (Lipinski definition) is 5. The van der Waals surface area contributed by atoms with E-state index < -0.39 is 17.9 Å². The van der Waals surface area contributed by atoms with Crippen LogP contribution in [0.4, 0.5) is 0 Å². The maximum atomic E-state index is 11.1. The Balaban J connectivity index is 2.31. The number of aliphatic carboxylic acids is 1. The van der Waals surface area contributed by atoms with E-state index in [0.717, 1.165) is 0 Å². The van der Waals surface area contributed by atoms with Crippen molar-refractivity contribution in [2.45, 2.75) is 18.0 Å². The SMILES string of the molecule is CNC1C(C(=O)O)C(N)C1c1cc(O)cc(O)c1. The lowest BCUT2D eigenvalue weighted by Gasteiger charge is -2.48. The van der Waals surface area contributed by atoms with E-state index in [0.29, 0.717) is 5.56 Å². The summed E-state index contributed by atoms with van der Waals surface area (Å²) >= 11 is 0. The van der Waals surface area contributed by atoms with Crippen LogP contribution in [0.2, 0.25) is 0 Å². The van der Waals surface area contributed by atoms with Gasteiger partial charge in [0.1, 0.15) is 11.5 Å². The number of hydrogen-bond acceptors (Lipinski definition) is 5. The number of carbonyl (C=O) groups is 1. The lowest BCUT2D eigenvalue weighted by atomic mass is 9.62. The highest BCUT2D eigenvalue weighted by atomic mass is 16.4. The van der Waals surface area contributed by atoms with Crippen LogP contribution in [-0.4, -0.2) is 40.4 Å². The van der Waals surface area contributed by atoms with Gasteiger partial charge in [0, 0.05) is 24.1 Å². The minimum atomic E-state index is -0.942. The van der Waals surface area contributed by atoms with Gasteiger partial charge in [-0.1, -0.05) is 0 Å². The molecule has 1 aromatic rings. The number of carboxylic acids is 1. The molecule has 0 radical (unpaired) electrons. The van der Waals surface area contributed by atoms with Crippen LogP contribution in [0.25, 0.3) is 0 Å². The molecule has 2 rings (SSSR count). The summed E-state index contributed by atoms with van der Waals surface area (Å²) in [4.78, 5) is 11.1. The fraction of sp³-hybridized carbons (Fsp3) is 0.417. The molecule has 1 fully saturated rings. The molecule has 1 aliphatic rings. The van der Waals surface area contributed by atoms with Crippen LogP contribution in [0.5, 0.6) is 11.5 Å². The van der Waals surface area contributed by atoms with Gasteiger partial charge in [0.2, 0.25) is 0 Å². The van der Waals surface area contributed by atoms with Gasteiger partial charge in [-0.15, -0.1) is 0 Å². The summed E-state index contributed by atoms with van der Waals surface area (Å²) in [6.07, 6.45) is 0. The second-order valence-corrected chi connectivity index (χ2v) is 4.56. The molecule has 1 aromatic carbocycles. The average Bonchev–Trinajstić information content (AvgIpc) is 2.23. The number of carboxylic acid groups (broad SMARTS) is 1. The van der Waals surface area contributed by atoms with Gasteiger partial charge in [-0.3, -0.25) is 4.79 Å². The Kier molecular flexibility index (Phi) is 3.14. The molecule has 98 valence electrons. The zero-order chi connectivity index (χ0) is 13.4. The third-order valence-corrected chi connectivity index (χ3v) is 3.53. The molecule has 4 atom stereocenters. The number of rotatable bonds is 3. The number of phenolic OH excluding ortho intramolecular Hbond substituents is 2. The van der Waals surface area contributed by atoms with Crippen LogP contribution in [0, 0.1) is 5.92 Å². The van der Waals surface area contributed by atoms with E-state index in [4.69, 9.17) is 10.8 Å². The number of nitrogens with two attached hydrogens (primary N) is 1. The van der Waals surface area contributed by atoms with Crippen molar-refractivity contribution in [2.75, 3.05) is 7.05 Å². The molecule has 0 saturated heterocycles. The Labute approximate surface area is 104 Å². The Morgan fingerprint density at radius 1 is 1.28 bits per heavy atom. The zero-order valence-corrected chi connectivity index (χ0v) is 9.87. The maximum absolute atomic E-state index is 11.1. The van der Waals surface area contributed by atoms with E-state index >= 15 is 0 Å². The molecule has 0 bridgehead atoms. The largest absolute Gasteiger partial charge is 0.508 e. The summed E-state index contributed by atoms with van der Waals surface area (Å²) < 4.78 is 0. The molecule has 4 unspecified atom stereocenters. The predicted octanol–water partition coefficient (Wildman–Crippen LogP) is -0.189. The van der Waals surface area contributed by atoms with Gasteiger partial charge < -0.3 is 26.4 Å². The van der Waals surface area contributed by atoms with Gasteiger partial charge in [-0.2, -0.15) is 0 Å². The first-order valence-electron chi connectivity index (χ1n) is 5.64. The van der Waals surface area contributed by atoms with E-state index in [9.17, 15) is 15.0 Å². The average molecular weight is 252 g/mol. The van der Waals surface area contributed by atoms with Crippen LogP contribution in [0.1, 0.15) is 11.5 Å². The van der Waals surface area contributed by atoms with E-state index in [1.807, 2.05) is 0 Å². The molecular weight excluding hydrogens is 236 g/mol. The van der Waals surface area contributed by atoms with E-state index in [2.05, 4.69) is 5.32 Å². The van der Waals surface area contributed by atoms with Crippen LogP contribution in [0.3, 0.4) is 0 Å². The van der Waals surface area contributed by atoms with Crippen LogP contribution in [-0.2, 0) is 4.79 Å². The number of phenols is 2. The fourth-order valence-corrected chi connectivity index (χ4v) is 2.70. The Morgan fingerprint density at radius 2 is 1.83 bits per heavy atom. The molecular formula is C12H16N2O4. The van der Waals surface area contributed by atoms with Crippen molar-refractivity contribution in [1.82, 2.24) is 5.32 Å². The summed E-state index contributed by atoms with van der Waals surface area (Å²) in [6, 6.07) is 3.36. The molecule has 1 aliphatic carbocycles. The third kappa shape index (κ3) is 1.89. The number of likely N-dealkylation sites (N-methyl/N-ethyl adjacent to an activating group) is 1. The minimum Gasteiger partial charge on any atom is -0.508 e. The lowest BCUT2D eigenvalue weighted by molar-refractivity contribution is -0.148. The normalized spacial score (nSPS) is 30.8. The summed E-state index contributed by atoms with van der Waals surface area (Å²) in [5.41, 5.74) is 6.52. The number of benzene rings is 1. The molecule has 0 spiro atoms. The maximum Gasteiger partial charge on any atom is 0.309 e. The highest BCUT2D eigenvalue weighted by Gasteiger charge is 2.52. The zero-order valence-electron chi connectivity index (χ0n) is 9.87. The Bertz CT molecular complexity index is 457. The molecule has 0 aromatic heterocycles. The van der Waals surface area contributed by atoms with E-state index in [-0.39, 0.29) is 23.5 Å². The lowest BCUT2D eigenvalue weighted by Crippen LogP contribution is -2.65. The predicted molar refractivity (Wildman–Crippen MR) is 64.5 cm³/mol. The quantitative estimate of drug-likeness (QED) is 0.509. The van der Waals surface area contributed by atoms with Crippen molar-refractivity contribution in [3.05, 3.63) is 23.8 Å². The van der Waals surface area contributed by atoms with E-state index in [1.54, 1.807) is 7.05 Å². The first-order valence-corrected chi connectivity index (χ1v) is 5.64. The monoisotopic (exact) mass is 252 g/mol. The van der Waals surface area contributed by atoms with Crippen molar-refractivity contribution in [3.8, 4) is 11.5 Å². The van der Waals surface area contributed by atoms with Gasteiger partial charge in [0.15, 0.2) is 0 Å². The second-order valence-electron chi connectivity index (χ2n) is 4.56. The smallest absolute Gasteiger partial charge is 0.309 e. The van der Waals surface area contributed by atoms with Crippen LogP contribution in [0.15, 0.2) is 18.2 Å². The highest BCUT2D eigenvalue weighted by molar-refractivity contribution is 5.74. The van der Waals surface area contributed by atoms with Crippen molar-refractivity contribution >= 4 is 5.97 Å². The van der Waals surface area contributed by atoms with Crippen molar-refractivity contribution in [2.24, 2.45) is 11.7 Å². The summed E-state index contributed by atoms with van der Waals surface area (Å²) in [5.74, 6) is -1.97. The highest BCUT2D eigenvalue weighted by Crippen LogP contribution is 2.42. The van der Waals surface area contributed by atoms with Gasteiger partial charge in [-0.25, -0.2) is 0 Å². The van der Waals surface area contributed by atoms with Crippen LogP contribution < -0.4 is 11.1 Å². The summed E-state index contributed by atoms with van der Waals surface area (Å²) in [5, 5.41) is 30.9. The number of aromatic hydroxyl groups is 2.